The maximum absolute atomic E-state index is 14.2. The standard InChI is InChI=1S/C29H41FO3/c1-3-5-7-9-10-11-13-23-15-17-24(18-16-23)28-21-26(19-20-27(28)29(31)32)33-22-25(30)14-12-8-6-4-2/h15-21,25H,3-14,22H2,1-2H3,(H,31,32)/t25-/m0/s1. The Hall–Kier alpha value is -2.36. The van der Waals surface area contributed by atoms with E-state index in [1.54, 1.807) is 18.2 Å². The number of ether oxygens (including phenoxy) is 1. The number of alkyl halides is 1. The van der Waals surface area contributed by atoms with Crippen LogP contribution >= 0.6 is 0 Å². The van der Waals surface area contributed by atoms with Crippen LogP contribution in [0.1, 0.15) is 100 Å². The Bertz CT molecular complexity index is 816. The average Bonchev–Trinajstić information content (AvgIpc) is 2.83. The topological polar surface area (TPSA) is 46.5 Å². The van der Waals surface area contributed by atoms with Gasteiger partial charge < -0.3 is 9.84 Å². The smallest absolute Gasteiger partial charge is 0.336 e. The average molecular weight is 457 g/mol. The maximum atomic E-state index is 14.2. The first-order valence-electron chi connectivity index (χ1n) is 12.8. The minimum Gasteiger partial charge on any atom is -0.491 e. The molecular weight excluding hydrogens is 415 g/mol. The van der Waals surface area contributed by atoms with E-state index in [0.717, 1.165) is 37.7 Å². The fraction of sp³-hybridized carbons (Fsp3) is 0.552. The van der Waals surface area contributed by atoms with Gasteiger partial charge in [-0.1, -0.05) is 95.9 Å². The second-order valence-corrected chi connectivity index (χ2v) is 8.98. The van der Waals surface area contributed by atoms with E-state index in [9.17, 15) is 14.3 Å². The Kier molecular flexibility index (Phi) is 12.6. The number of halogens is 1. The van der Waals surface area contributed by atoms with E-state index in [-0.39, 0.29) is 12.2 Å². The van der Waals surface area contributed by atoms with Crippen LogP contribution in [0.5, 0.6) is 5.75 Å². The SMILES string of the molecule is CCCCCCCCc1ccc(-c2cc(OC[C@@H](F)CCCCCC)ccc2C(=O)O)cc1. The van der Waals surface area contributed by atoms with Crippen molar-refractivity contribution in [3.05, 3.63) is 53.6 Å². The summed E-state index contributed by atoms with van der Waals surface area (Å²) in [6, 6.07) is 13.0. The zero-order valence-electron chi connectivity index (χ0n) is 20.5. The Morgan fingerprint density at radius 2 is 1.52 bits per heavy atom. The van der Waals surface area contributed by atoms with Gasteiger partial charge in [0.1, 0.15) is 18.5 Å². The highest BCUT2D eigenvalue weighted by molar-refractivity contribution is 5.96. The highest BCUT2D eigenvalue weighted by Crippen LogP contribution is 2.29. The number of benzene rings is 2. The number of carboxylic acid groups (broad SMARTS) is 1. The van der Waals surface area contributed by atoms with E-state index in [2.05, 4.69) is 26.0 Å². The molecule has 0 bridgehead atoms. The molecule has 0 saturated carbocycles. The zero-order chi connectivity index (χ0) is 23.9. The van der Waals surface area contributed by atoms with Crippen LogP contribution in [-0.2, 0) is 6.42 Å². The molecule has 0 aliphatic rings. The lowest BCUT2D eigenvalue weighted by Gasteiger charge is -2.13. The molecule has 0 aliphatic heterocycles. The molecule has 1 atom stereocenters. The van der Waals surface area contributed by atoms with Gasteiger partial charge in [-0.3, -0.25) is 0 Å². The van der Waals surface area contributed by atoms with E-state index in [1.807, 2.05) is 12.1 Å². The first-order valence-corrected chi connectivity index (χ1v) is 12.8. The second kappa shape index (κ2) is 15.5. The third-order valence-electron chi connectivity index (χ3n) is 6.11. The third kappa shape index (κ3) is 9.98. The molecular formula is C29H41FO3. The monoisotopic (exact) mass is 456 g/mol. The van der Waals surface area contributed by atoms with Crippen LogP contribution in [0.15, 0.2) is 42.5 Å². The van der Waals surface area contributed by atoms with E-state index in [4.69, 9.17) is 4.74 Å². The van der Waals surface area contributed by atoms with Crippen LogP contribution in [0.2, 0.25) is 0 Å². The van der Waals surface area contributed by atoms with Crippen LogP contribution in [0, 0.1) is 0 Å². The predicted octanol–water partition coefficient (Wildman–Crippen LogP) is 8.64. The predicted molar refractivity (Wildman–Crippen MR) is 135 cm³/mol. The molecule has 182 valence electrons. The van der Waals surface area contributed by atoms with Crippen molar-refractivity contribution < 1.29 is 19.0 Å². The van der Waals surface area contributed by atoms with Crippen molar-refractivity contribution in [1.82, 2.24) is 0 Å². The van der Waals surface area contributed by atoms with E-state index >= 15 is 0 Å². The minimum atomic E-state index is -1.01. The van der Waals surface area contributed by atoms with Gasteiger partial charge in [0.05, 0.1) is 5.56 Å². The van der Waals surface area contributed by atoms with Crippen LogP contribution in [0.3, 0.4) is 0 Å². The molecule has 33 heavy (non-hydrogen) atoms. The Balaban J connectivity index is 1.97. The van der Waals surface area contributed by atoms with Gasteiger partial charge in [-0.2, -0.15) is 0 Å². The van der Waals surface area contributed by atoms with Crippen molar-refractivity contribution >= 4 is 5.97 Å². The lowest BCUT2D eigenvalue weighted by Crippen LogP contribution is -2.13. The van der Waals surface area contributed by atoms with Crippen LogP contribution < -0.4 is 4.74 Å². The summed E-state index contributed by atoms with van der Waals surface area (Å²) < 4.78 is 19.8. The van der Waals surface area contributed by atoms with E-state index in [0.29, 0.717) is 17.7 Å². The van der Waals surface area contributed by atoms with Gasteiger partial charge in [0.2, 0.25) is 0 Å². The van der Waals surface area contributed by atoms with Gasteiger partial charge in [-0.05, 0) is 54.2 Å². The minimum absolute atomic E-state index is 0.00478. The summed E-state index contributed by atoms with van der Waals surface area (Å²) in [7, 11) is 0. The van der Waals surface area contributed by atoms with Crippen molar-refractivity contribution in [2.75, 3.05) is 6.61 Å². The Morgan fingerprint density at radius 1 is 0.879 bits per heavy atom. The van der Waals surface area contributed by atoms with Crippen molar-refractivity contribution in [2.45, 2.75) is 97.1 Å². The molecule has 0 radical (unpaired) electrons. The molecule has 0 heterocycles. The van der Waals surface area contributed by atoms with Crippen molar-refractivity contribution in [2.24, 2.45) is 0 Å². The molecule has 0 saturated heterocycles. The summed E-state index contributed by atoms with van der Waals surface area (Å²) >= 11 is 0. The van der Waals surface area contributed by atoms with Crippen molar-refractivity contribution in [3.63, 3.8) is 0 Å². The molecule has 2 rings (SSSR count). The summed E-state index contributed by atoms with van der Waals surface area (Å²) in [5.41, 5.74) is 2.93. The fourth-order valence-corrected chi connectivity index (χ4v) is 4.06. The zero-order valence-corrected chi connectivity index (χ0v) is 20.5. The number of unbranched alkanes of at least 4 members (excludes halogenated alkanes) is 8. The molecule has 0 fully saturated rings. The second-order valence-electron chi connectivity index (χ2n) is 8.98. The fourth-order valence-electron chi connectivity index (χ4n) is 4.06. The number of carbonyl (C=O) groups is 1. The van der Waals surface area contributed by atoms with Crippen LogP contribution in [0.4, 0.5) is 4.39 Å². The van der Waals surface area contributed by atoms with E-state index < -0.39 is 12.1 Å². The number of hydrogen-bond donors (Lipinski definition) is 1. The van der Waals surface area contributed by atoms with Crippen LogP contribution in [0.25, 0.3) is 11.1 Å². The van der Waals surface area contributed by atoms with Gasteiger partial charge in [0.15, 0.2) is 0 Å². The highest BCUT2D eigenvalue weighted by Gasteiger charge is 2.14. The van der Waals surface area contributed by atoms with Gasteiger partial charge in [0.25, 0.3) is 0 Å². The summed E-state index contributed by atoms with van der Waals surface area (Å²) in [5, 5.41) is 9.64. The lowest BCUT2D eigenvalue weighted by molar-refractivity contribution is 0.0697. The number of rotatable bonds is 17. The molecule has 0 aromatic heterocycles. The molecule has 2 aromatic rings. The van der Waals surface area contributed by atoms with Gasteiger partial charge in [-0.25, -0.2) is 9.18 Å². The first-order chi connectivity index (χ1) is 16.0. The molecule has 0 unspecified atom stereocenters. The van der Waals surface area contributed by atoms with Crippen molar-refractivity contribution in [1.29, 1.82) is 0 Å². The molecule has 3 nitrogen and oxygen atoms in total. The molecule has 2 aromatic carbocycles. The summed E-state index contributed by atoms with van der Waals surface area (Å²) in [4.78, 5) is 11.8. The van der Waals surface area contributed by atoms with Gasteiger partial charge >= 0.3 is 5.97 Å². The first kappa shape index (κ1) is 26.9. The van der Waals surface area contributed by atoms with Gasteiger partial charge in [0, 0.05) is 0 Å². The van der Waals surface area contributed by atoms with Gasteiger partial charge in [-0.15, -0.1) is 0 Å². The summed E-state index contributed by atoms with van der Waals surface area (Å²) in [6.45, 7) is 4.36. The molecule has 0 aliphatic carbocycles. The number of aryl methyl sites for hydroxylation is 1. The maximum Gasteiger partial charge on any atom is 0.336 e. The van der Waals surface area contributed by atoms with Crippen molar-refractivity contribution in [3.8, 4) is 16.9 Å². The lowest BCUT2D eigenvalue weighted by atomic mass is 9.97. The largest absolute Gasteiger partial charge is 0.491 e. The molecule has 0 spiro atoms. The number of carboxylic acids is 1. The van der Waals surface area contributed by atoms with Crippen LogP contribution in [-0.4, -0.2) is 23.9 Å². The van der Waals surface area contributed by atoms with E-state index in [1.165, 1.54) is 44.1 Å². The summed E-state index contributed by atoms with van der Waals surface area (Å²) in [5.74, 6) is -0.477. The molecule has 0 amide bonds. The molecule has 4 heteroatoms. The molecule has 1 N–H and O–H groups in total. The third-order valence-corrected chi connectivity index (χ3v) is 6.11. The Morgan fingerprint density at radius 3 is 2.18 bits per heavy atom. The summed E-state index contributed by atoms with van der Waals surface area (Å²) in [6.07, 6.45) is 12.3. The quantitative estimate of drug-likeness (QED) is 0.242. The number of aromatic carboxylic acids is 1. The highest BCUT2D eigenvalue weighted by atomic mass is 19.1. The number of hydrogen-bond acceptors (Lipinski definition) is 2. The normalized spacial score (nSPS) is 12.0. The Labute approximate surface area is 199 Å².